The molecule has 1 aromatic carbocycles. The average Bonchev–Trinajstić information content (AvgIpc) is 3.37. The fourth-order valence-corrected chi connectivity index (χ4v) is 5.70. The highest BCUT2D eigenvalue weighted by Crippen LogP contribution is 2.42. The van der Waals surface area contributed by atoms with Crippen LogP contribution < -0.4 is 4.72 Å². The largest absolute Gasteiger partial charge is 0.476 e. The summed E-state index contributed by atoms with van der Waals surface area (Å²) in [7, 11) is -5.23. The molecule has 8 nitrogen and oxygen atoms in total. The van der Waals surface area contributed by atoms with Gasteiger partial charge in [-0.05, 0) is 18.4 Å². The summed E-state index contributed by atoms with van der Waals surface area (Å²) in [6, 6.07) is 0.00592. The number of carbonyl (C=O) groups is 1. The number of carboxylic acids is 1. The van der Waals surface area contributed by atoms with Crippen molar-refractivity contribution in [3.63, 3.8) is 0 Å². The lowest BCUT2D eigenvalue weighted by Crippen LogP contribution is -2.43. The summed E-state index contributed by atoms with van der Waals surface area (Å²) in [6.45, 7) is 6.25. The van der Waals surface area contributed by atoms with Crippen LogP contribution in [-0.4, -0.2) is 41.9 Å². The number of halogens is 6. The maximum Gasteiger partial charge on any atom is 0.404 e. The SMILES string of the molecule is C[C@H](NS(=O)(=O)c1ccc(-c2sc(-c3cc(CC(C)(C)C)on3)nc2C(=O)O)c(C(F)F)c1F)C(F)(F)F. The van der Waals surface area contributed by atoms with Crippen molar-refractivity contribution in [2.75, 3.05) is 0 Å². The Morgan fingerprint density at radius 2 is 1.84 bits per heavy atom. The number of benzene rings is 1. The van der Waals surface area contributed by atoms with E-state index in [-0.39, 0.29) is 16.1 Å². The third-order valence-corrected chi connectivity index (χ3v) is 7.70. The van der Waals surface area contributed by atoms with Gasteiger partial charge in [0.05, 0.1) is 10.4 Å². The lowest BCUT2D eigenvalue weighted by Gasteiger charge is -2.19. The molecule has 16 heteroatoms. The van der Waals surface area contributed by atoms with Crippen molar-refractivity contribution in [2.24, 2.45) is 5.41 Å². The highest BCUT2D eigenvalue weighted by molar-refractivity contribution is 7.89. The van der Waals surface area contributed by atoms with Gasteiger partial charge in [-0.1, -0.05) is 32.0 Å². The molecule has 0 spiro atoms. The Hall–Kier alpha value is -2.98. The molecule has 0 aliphatic rings. The van der Waals surface area contributed by atoms with E-state index >= 15 is 4.39 Å². The maximum absolute atomic E-state index is 15.2. The van der Waals surface area contributed by atoms with Crippen LogP contribution in [0.2, 0.25) is 0 Å². The number of thiazole rings is 1. The third kappa shape index (κ3) is 6.35. The summed E-state index contributed by atoms with van der Waals surface area (Å²) in [5.41, 5.74) is -3.05. The second-order valence-electron chi connectivity index (χ2n) is 9.44. The smallest absolute Gasteiger partial charge is 0.404 e. The molecule has 0 bridgehead atoms. The van der Waals surface area contributed by atoms with Crippen LogP contribution >= 0.6 is 11.3 Å². The van der Waals surface area contributed by atoms with E-state index in [4.69, 9.17) is 4.52 Å². The minimum atomic E-state index is -5.23. The Morgan fingerprint density at radius 1 is 1.21 bits per heavy atom. The van der Waals surface area contributed by atoms with Crippen LogP contribution in [0.15, 0.2) is 27.6 Å². The number of alkyl halides is 5. The summed E-state index contributed by atoms with van der Waals surface area (Å²) in [6.07, 6.45) is -8.24. The summed E-state index contributed by atoms with van der Waals surface area (Å²) < 4.78 is 113. The highest BCUT2D eigenvalue weighted by Gasteiger charge is 2.40. The van der Waals surface area contributed by atoms with Crippen LogP contribution in [0.5, 0.6) is 0 Å². The first-order valence-electron chi connectivity index (χ1n) is 10.7. The Balaban J connectivity index is 2.14. The standard InChI is InChI=1S/C22H21F6N3O5S2/c1-9(22(26,27)28)31-38(34,35)13-6-5-11(14(15(13)23)18(24)25)17-16(20(32)33)29-19(37-17)12-7-10(36-30-12)8-21(2,3)4/h5-7,9,18,31H,8H2,1-4H3,(H,32,33)/t9-/m0/s1. The number of aromatic nitrogens is 2. The molecule has 2 heterocycles. The van der Waals surface area contributed by atoms with Crippen LogP contribution in [0, 0.1) is 11.2 Å². The van der Waals surface area contributed by atoms with E-state index in [1.54, 1.807) is 0 Å². The number of sulfonamides is 1. The lowest BCUT2D eigenvalue weighted by molar-refractivity contribution is -0.147. The fraction of sp³-hybridized carbons (Fsp3) is 0.409. The fourth-order valence-electron chi connectivity index (χ4n) is 3.33. The van der Waals surface area contributed by atoms with Crippen molar-refractivity contribution in [1.82, 2.24) is 14.9 Å². The number of nitrogens with one attached hydrogen (secondary N) is 1. The van der Waals surface area contributed by atoms with Crippen LogP contribution in [0.3, 0.4) is 0 Å². The molecule has 0 saturated carbocycles. The molecule has 2 N–H and O–H groups in total. The first-order valence-corrected chi connectivity index (χ1v) is 13.0. The molecule has 0 radical (unpaired) electrons. The quantitative estimate of drug-likeness (QED) is 0.308. The van der Waals surface area contributed by atoms with Crippen LogP contribution in [0.4, 0.5) is 26.3 Å². The first kappa shape index (κ1) is 29.6. The van der Waals surface area contributed by atoms with Gasteiger partial charge in [0.2, 0.25) is 10.0 Å². The van der Waals surface area contributed by atoms with Crippen molar-refractivity contribution < 1.29 is 49.2 Å². The van der Waals surface area contributed by atoms with Gasteiger partial charge in [0.15, 0.2) is 11.5 Å². The van der Waals surface area contributed by atoms with E-state index in [0.717, 1.165) is 0 Å². The van der Waals surface area contributed by atoms with Crippen molar-refractivity contribution in [2.45, 2.75) is 57.7 Å². The predicted octanol–water partition coefficient (Wildman–Crippen LogP) is 6.06. The Labute approximate surface area is 216 Å². The summed E-state index contributed by atoms with van der Waals surface area (Å²) in [4.78, 5) is 13.9. The van der Waals surface area contributed by atoms with E-state index in [1.165, 1.54) is 10.8 Å². The number of nitrogens with zero attached hydrogens (tertiary/aromatic N) is 2. The lowest BCUT2D eigenvalue weighted by atomic mass is 9.91. The molecule has 0 amide bonds. The number of rotatable bonds is 8. The first-order chi connectivity index (χ1) is 17.3. The van der Waals surface area contributed by atoms with Crippen molar-refractivity contribution in [3.05, 3.63) is 41.0 Å². The summed E-state index contributed by atoms with van der Waals surface area (Å²) in [5, 5.41) is 13.4. The van der Waals surface area contributed by atoms with E-state index in [1.807, 2.05) is 20.8 Å². The van der Waals surface area contributed by atoms with Crippen LogP contribution in [0.25, 0.3) is 21.1 Å². The number of carboxylic acid groups (broad SMARTS) is 1. The number of hydrogen-bond acceptors (Lipinski definition) is 7. The van der Waals surface area contributed by atoms with Crippen LogP contribution in [-0.2, 0) is 16.4 Å². The molecule has 0 aliphatic carbocycles. The molecule has 0 fully saturated rings. The minimum absolute atomic E-state index is 0.0562. The van der Waals surface area contributed by atoms with Gasteiger partial charge in [0, 0.05) is 18.1 Å². The molecular weight excluding hydrogens is 564 g/mol. The predicted molar refractivity (Wildman–Crippen MR) is 124 cm³/mol. The third-order valence-electron chi connectivity index (χ3n) is 5.03. The second-order valence-corrected chi connectivity index (χ2v) is 12.1. The molecule has 0 unspecified atom stereocenters. The zero-order chi connectivity index (χ0) is 28.8. The number of aromatic carboxylic acids is 1. The molecular formula is C22H21F6N3O5S2. The summed E-state index contributed by atoms with van der Waals surface area (Å²) in [5.74, 6) is -3.24. The van der Waals surface area contributed by atoms with Gasteiger partial charge in [-0.15, -0.1) is 11.3 Å². The summed E-state index contributed by atoms with van der Waals surface area (Å²) >= 11 is 0.565. The van der Waals surface area contributed by atoms with Crippen molar-refractivity contribution in [3.8, 4) is 21.1 Å². The zero-order valence-electron chi connectivity index (χ0n) is 20.2. The van der Waals surface area contributed by atoms with E-state index in [2.05, 4.69) is 10.1 Å². The Morgan fingerprint density at radius 3 is 2.37 bits per heavy atom. The van der Waals surface area contributed by atoms with Crippen molar-refractivity contribution in [1.29, 1.82) is 0 Å². The van der Waals surface area contributed by atoms with Gasteiger partial charge in [0.25, 0.3) is 6.43 Å². The normalized spacial score (nSPS) is 13.8. The van der Waals surface area contributed by atoms with Gasteiger partial charge in [-0.25, -0.2) is 31.4 Å². The van der Waals surface area contributed by atoms with E-state index in [9.17, 15) is 40.3 Å². The van der Waals surface area contributed by atoms with Gasteiger partial charge in [0.1, 0.15) is 27.4 Å². The maximum atomic E-state index is 15.2. The molecule has 1 atom stereocenters. The molecule has 3 rings (SSSR count). The molecule has 2 aromatic heterocycles. The number of hydrogen-bond donors (Lipinski definition) is 2. The van der Waals surface area contributed by atoms with E-state index in [0.29, 0.717) is 42.6 Å². The van der Waals surface area contributed by atoms with Gasteiger partial charge in [-0.2, -0.15) is 17.9 Å². The molecule has 0 aliphatic heterocycles. The van der Waals surface area contributed by atoms with Gasteiger partial charge >= 0.3 is 12.1 Å². The molecule has 38 heavy (non-hydrogen) atoms. The van der Waals surface area contributed by atoms with E-state index < -0.39 is 67.0 Å². The topological polar surface area (TPSA) is 122 Å². The average molecular weight is 586 g/mol. The molecule has 208 valence electrons. The Kier molecular flexibility index (Phi) is 8.01. The second kappa shape index (κ2) is 10.3. The zero-order valence-corrected chi connectivity index (χ0v) is 21.8. The van der Waals surface area contributed by atoms with Crippen molar-refractivity contribution >= 4 is 27.3 Å². The molecule has 0 saturated heterocycles. The minimum Gasteiger partial charge on any atom is -0.476 e. The highest BCUT2D eigenvalue weighted by atomic mass is 32.2. The van der Waals surface area contributed by atoms with Gasteiger partial charge in [-0.3, -0.25) is 0 Å². The van der Waals surface area contributed by atoms with Gasteiger partial charge < -0.3 is 9.63 Å². The monoisotopic (exact) mass is 585 g/mol. The Bertz CT molecular complexity index is 1460. The molecule has 3 aromatic rings. The van der Waals surface area contributed by atoms with Crippen LogP contribution in [0.1, 0.15) is 55.9 Å².